The zero-order valence-electron chi connectivity index (χ0n) is 10.2. The molecule has 3 rings (SSSR count). The summed E-state index contributed by atoms with van der Waals surface area (Å²) in [5, 5.41) is 29.2. The van der Waals surface area contributed by atoms with Gasteiger partial charge in [0.25, 0.3) is 0 Å². The van der Waals surface area contributed by atoms with Gasteiger partial charge in [0.05, 0.1) is 6.61 Å². The molecule has 0 aromatic carbocycles. The summed E-state index contributed by atoms with van der Waals surface area (Å²) < 4.78 is 17.2. The summed E-state index contributed by atoms with van der Waals surface area (Å²) in [4.78, 5) is 0. The molecule has 104 valence electrons. The second kappa shape index (κ2) is 4.40. The van der Waals surface area contributed by atoms with E-state index in [1.165, 1.54) is 0 Å². The van der Waals surface area contributed by atoms with E-state index in [1.54, 1.807) is 0 Å². The molecule has 3 aliphatic rings. The molecule has 2 aliphatic heterocycles. The molecule has 6 nitrogen and oxygen atoms in total. The minimum absolute atomic E-state index is 0.0579. The molecule has 1 spiro atoms. The molecule has 0 amide bonds. The Morgan fingerprint density at radius 3 is 2.50 bits per heavy atom. The quantitative estimate of drug-likeness (QED) is 0.589. The van der Waals surface area contributed by atoms with E-state index < -0.39 is 29.9 Å². The average molecular weight is 260 g/mol. The average Bonchev–Trinajstić information content (AvgIpc) is 2.71. The zero-order chi connectivity index (χ0) is 12.8. The predicted molar refractivity (Wildman–Crippen MR) is 59.6 cm³/mol. The van der Waals surface area contributed by atoms with Crippen LogP contribution in [0, 0.1) is 0 Å². The van der Waals surface area contributed by atoms with Crippen molar-refractivity contribution in [2.45, 2.75) is 62.0 Å². The number of ether oxygens (including phenoxy) is 3. The first kappa shape index (κ1) is 12.8. The highest BCUT2D eigenvalue weighted by Crippen LogP contribution is 2.48. The lowest BCUT2D eigenvalue weighted by Gasteiger charge is -2.39. The maximum absolute atomic E-state index is 10.0. The van der Waals surface area contributed by atoms with Crippen molar-refractivity contribution in [1.82, 2.24) is 0 Å². The van der Waals surface area contributed by atoms with Crippen LogP contribution in [0.15, 0.2) is 0 Å². The minimum atomic E-state index is -1.32. The van der Waals surface area contributed by atoms with E-state index >= 15 is 0 Å². The third kappa shape index (κ3) is 1.79. The fourth-order valence-corrected chi connectivity index (χ4v) is 3.16. The fourth-order valence-electron chi connectivity index (χ4n) is 3.16. The SMILES string of the molecule is OC[C@@]12OC[C@@H](O)[C@@H](O)[C@@H]1OC1(CCCCC1)O2. The number of aliphatic hydroxyl groups excluding tert-OH is 3. The highest BCUT2D eigenvalue weighted by molar-refractivity contribution is 5.01. The van der Waals surface area contributed by atoms with Crippen LogP contribution in [-0.4, -0.2) is 58.4 Å². The van der Waals surface area contributed by atoms with Crippen molar-refractivity contribution in [2.24, 2.45) is 0 Å². The molecular formula is C12H20O6. The van der Waals surface area contributed by atoms with Crippen LogP contribution in [0.1, 0.15) is 32.1 Å². The first-order valence-corrected chi connectivity index (χ1v) is 6.60. The predicted octanol–water partition coefficient (Wildman–Crippen LogP) is -0.497. The lowest BCUT2D eigenvalue weighted by atomic mass is 9.94. The van der Waals surface area contributed by atoms with Crippen molar-refractivity contribution in [3.05, 3.63) is 0 Å². The standard InChI is InChI=1S/C12H20O6/c13-7-12-10(9(15)8(14)6-16-12)17-11(18-12)4-2-1-3-5-11/h8-10,13-15H,1-7H2/t8-,9-,10+,12+/m1/s1. The highest BCUT2D eigenvalue weighted by Gasteiger charge is 2.63. The molecule has 0 aromatic rings. The molecule has 0 radical (unpaired) electrons. The molecule has 0 unspecified atom stereocenters. The van der Waals surface area contributed by atoms with Gasteiger partial charge in [-0.3, -0.25) is 0 Å². The summed E-state index contributed by atoms with van der Waals surface area (Å²) >= 11 is 0. The van der Waals surface area contributed by atoms with Crippen LogP contribution < -0.4 is 0 Å². The van der Waals surface area contributed by atoms with E-state index in [4.69, 9.17) is 14.2 Å². The lowest BCUT2D eigenvalue weighted by Crippen LogP contribution is -2.61. The molecule has 6 heteroatoms. The van der Waals surface area contributed by atoms with E-state index in [1.807, 2.05) is 0 Å². The van der Waals surface area contributed by atoms with E-state index in [0.29, 0.717) is 0 Å². The fraction of sp³-hybridized carbons (Fsp3) is 1.00. The van der Waals surface area contributed by atoms with E-state index in [-0.39, 0.29) is 13.2 Å². The van der Waals surface area contributed by atoms with Gasteiger partial charge >= 0.3 is 0 Å². The Balaban J connectivity index is 1.86. The monoisotopic (exact) mass is 260 g/mol. The lowest BCUT2D eigenvalue weighted by molar-refractivity contribution is -0.310. The normalized spacial score (nSPS) is 47.2. The van der Waals surface area contributed by atoms with Gasteiger partial charge in [0.1, 0.15) is 24.9 Å². The van der Waals surface area contributed by atoms with Gasteiger partial charge in [-0.15, -0.1) is 0 Å². The number of aliphatic hydroxyl groups is 3. The van der Waals surface area contributed by atoms with E-state index in [0.717, 1.165) is 32.1 Å². The van der Waals surface area contributed by atoms with Gasteiger partial charge in [0.2, 0.25) is 5.79 Å². The van der Waals surface area contributed by atoms with E-state index in [2.05, 4.69) is 0 Å². The molecule has 18 heavy (non-hydrogen) atoms. The Kier molecular flexibility index (Phi) is 3.12. The second-order valence-electron chi connectivity index (χ2n) is 5.45. The van der Waals surface area contributed by atoms with Crippen LogP contribution >= 0.6 is 0 Å². The van der Waals surface area contributed by atoms with Gasteiger partial charge in [-0.1, -0.05) is 6.42 Å². The largest absolute Gasteiger partial charge is 0.391 e. The number of fused-ring (bicyclic) bond motifs is 1. The molecule has 2 saturated heterocycles. The van der Waals surface area contributed by atoms with Crippen LogP contribution in [0.5, 0.6) is 0 Å². The number of hydrogen-bond donors (Lipinski definition) is 3. The van der Waals surface area contributed by atoms with Crippen molar-refractivity contribution in [1.29, 1.82) is 0 Å². The van der Waals surface area contributed by atoms with Gasteiger partial charge in [-0.25, -0.2) is 0 Å². The molecule has 3 fully saturated rings. The molecule has 0 bridgehead atoms. The Bertz CT molecular complexity index is 316. The Labute approximate surface area is 105 Å². The zero-order valence-corrected chi connectivity index (χ0v) is 10.2. The molecule has 1 saturated carbocycles. The summed E-state index contributed by atoms with van der Waals surface area (Å²) in [5.74, 6) is -2.09. The molecule has 0 aromatic heterocycles. The van der Waals surface area contributed by atoms with Crippen LogP contribution in [0.2, 0.25) is 0 Å². The summed E-state index contributed by atoms with van der Waals surface area (Å²) in [6, 6.07) is 0. The summed E-state index contributed by atoms with van der Waals surface area (Å²) in [6.45, 7) is -0.444. The van der Waals surface area contributed by atoms with Crippen molar-refractivity contribution in [3.63, 3.8) is 0 Å². The maximum Gasteiger partial charge on any atom is 0.224 e. The summed E-state index contributed by atoms with van der Waals surface area (Å²) in [6.07, 6.45) is 1.67. The summed E-state index contributed by atoms with van der Waals surface area (Å²) in [7, 11) is 0. The number of hydrogen-bond acceptors (Lipinski definition) is 6. The maximum atomic E-state index is 10.0. The first-order chi connectivity index (χ1) is 8.61. The van der Waals surface area contributed by atoms with Crippen molar-refractivity contribution in [2.75, 3.05) is 13.2 Å². The third-order valence-corrected chi connectivity index (χ3v) is 4.17. The van der Waals surface area contributed by atoms with Crippen LogP contribution in [-0.2, 0) is 14.2 Å². The topological polar surface area (TPSA) is 88.4 Å². The van der Waals surface area contributed by atoms with Crippen molar-refractivity contribution in [3.8, 4) is 0 Å². The van der Waals surface area contributed by atoms with Gasteiger partial charge in [0, 0.05) is 12.8 Å². The molecule has 3 N–H and O–H groups in total. The van der Waals surface area contributed by atoms with Gasteiger partial charge in [-0.2, -0.15) is 0 Å². The Hall–Kier alpha value is -0.240. The van der Waals surface area contributed by atoms with Gasteiger partial charge in [-0.05, 0) is 12.8 Å². The number of rotatable bonds is 1. The van der Waals surface area contributed by atoms with Gasteiger partial charge in [0.15, 0.2) is 5.79 Å². The van der Waals surface area contributed by atoms with Crippen LogP contribution in [0.3, 0.4) is 0 Å². The first-order valence-electron chi connectivity index (χ1n) is 6.60. The Morgan fingerprint density at radius 2 is 1.83 bits per heavy atom. The molecular weight excluding hydrogens is 240 g/mol. The van der Waals surface area contributed by atoms with Gasteiger partial charge < -0.3 is 29.5 Å². The van der Waals surface area contributed by atoms with E-state index in [9.17, 15) is 15.3 Å². The molecule has 2 heterocycles. The van der Waals surface area contributed by atoms with Crippen molar-refractivity contribution >= 4 is 0 Å². The van der Waals surface area contributed by atoms with Crippen molar-refractivity contribution < 1.29 is 29.5 Å². The van der Waals surface area contributed by atoms with Crippen LogP contribution in [0.4, 0.5) is 0 Å². The smallest absolute Gasteiger partial charge is 0.224 e. The molecule has 4 atom stereocenters. The minimum Gasteiger partial charge on any atom is -0.391 e. The highest BCUT2D eigenvalue weighted by atomic mass is 16.9. The van der Waals surface area contributed by atoms with Crippen LogP contribution in [0.25, 0.3) is 0 Å². The Morgan fingerprint density at radius 1 is 1.11 bits per heavy atom. The summed E-state index contributed by atoms with van der Waals surface area (Å²) in [5.41, 5.74) is 0. The molecule has 1 aliphatic carbocycles. The second-order valence-corrected chi connectivity index (χ2v) is 5.45. The third-order valence-electron chi connectivity index (χ3n) is 4.17.